The first-order chi connectivity index (χ1) is 11.2. The van der Waals surface area contributed by atoms with E-state index in [-0.39, 0.29) is 6.03 Å². The van der Waals surface area contributed by atoms with Gasteiger partial charge in [-0.25, -0.2) is 4.79 Å². The van der Waals surface area contributed by atoms with Crippen LogP contribution in [0.2, 0.25) is 0 Å². The van der Waals surface area contributed by atoms with Crippen molar-refractivity contribution < 1.29 is 14.3 Å². The molecule has 2 amide bonds. The molecule has 1 heterocycles. The molecular formula is C17H27N3O3. The van der Waals surface area contributed by atoms with Crippen LogP contribution in [-0.4, -0.2) is 69.4 Å². The number of nitrogens with zero attached hydrogens (tertiary/aromatic N) is 2. The van der Waals surface area contributed by atoms with E-state index >= 15 is 0 Å². The van der Waals surface area contributed by atoms with Crippen LogP contribution in [-0.2, 0) is 4.74 Å². The molecule has 1 aliphatic rings. The van der Waals surface area contributed by atoms with Gasteiger partial charge in [-0.2, -0.15) is 0 Å². The van der Waals surface area contributed by atoms with Gasteiger partial charge in [0.05, 0.1) is 13.7 Å². The van der Waals surface area contributed by atoms with Crippen molar-refractivity contribution in [3.05, 3.63) is 29.8 Å². The van der Waals surface area contributed by atoms with Crippen molar-refractivity contribution >= 4 is 6.03 Å². The van der Waals surface area contributed by atoms with E-state index < -0.39 is 0 Å². The quantitative estimate of drug-likeness (QED) is 0.811. The van der Waals surface area contributed by atoms with Crippen LogP contribution in [0, 0.1) is 0 Å². The molecule has 23 heavy (non-hydrogen) atoms. The minimum atomic E-state index is -0.00395. The fourth-order valence-corrected chi connectivity index (χ4v) is 2.80. The molecule has 1 aromatic rings. The molecule has 6 heteroatoms. The highest BCUT2D eigenvalue weighted by Crippen LogP contribution is 2.24. The smallest absolute Gasteiger partial charge is 0.317 e. The molecule has 0 spiro atoms. The molecular weight excluding hydrogens is 294 g/mol. The molecule has 0 bridgehead atoms. The number of hydrogen-bond donors (Lipinski definition) is 1. The number of rotatable bonds is 6. The standard InChI is InChI=1S/C17H27N3O3/c1-14(15-5-4-6-16(13-15)23-3)19-8-10-20(11-9-19)17(21)18-7-12-22-2/h4-6,13-14H,7-12H2,1-3H3,(H,18,21). The lowest BCUT2D eigenvalue weighted by Gasteiger charge is -2.38. The van der Waals surface area contributed by atoms with Gasteiger partial charge < -0.3 is 19.7 Å². The number of carbonyl (C=O) groups is 1. The molecule has 0 aromatic heterocycles. The predicted octanol–water partition coefficient (Wildman–Crippen LogP) is 1.73. The average molecular weight is 321 g/mol. The van der Waals surface area contributed by atoms with Gasteiger partial charge in [-0.05, 0) is 24.6 Å². The van der Waals surface area contributed by atoms with Gasteiger partial charge in [-0.15, -0.1) is 0 Å². The van der Waals surface area contributed by atoms with Crippen LogP contribution in [0.4, 0.5) is 4.79 Å². The zero-order valence-corrected chi connectivity index (χ0v) is 14.2. The summed E-state index contributed by atoms with van der Waals surface area (Å²) < 4.78 is 10.2. The number of nitrogens with one attached hydrogen (secondary N) is 1. The van der Waals surface area contributed by atoms with Crippen LogP contribution in [0.5, 0.6) is 5.75 Å². The minimum absolute atomic E-state index is 0.00395. The number of urea groups is 1. The molecule has 128 valence electrons. The Morgan fingerprint density at radius 2 is 2.00 bits per heavy atom. The number of piperazine rings is 1. The van der Waals surface area contributed by atoms with Crippen molar-refractivity contribution in [3.63, 3.8) is 0 Å². The van der Waals surface area contributed by atoms with Crippen molar-refractivity contribution in [3.8, 4) is 5.75 Å². The highest BCUT2D eigenvalue weighted by molar-refractivity contribution is 5.74. The van der Waals surface area contributed by atoms with Gasteiger partial charge in [-0.3, -0.25) is 4.90 Å². The molecule has 1 N–H and O–H groups in total. The Hall–Kier alpha value is -1.79. The topological polar surface area (TPSA) is 54.0 Å². The van der Waals surface area contributed by atoms with E-state index in [4.69, 9.17) is 9.47 Å². The number of amides is 2. The summed E-state index contributed by atoms with van der Waals surface area (Å²) in [7, 11) is 3.32. The van der Waals surface area contributed by atoms with Gasteiger partial charge in [0, 0.05) is 45.9 Å². The molecule has 0 saturated carbocycles. The number of methoxy groups -OCH3 is 2. The lowest BCUT2D eigenvalue weighted by Crippen LogP contribution is -2.52. The zero-order chi connectivity index (χ0) is 16.7. The van der Waals surface area contributed by atoms with Crippen LogP contribution >= 0.6 is 0 Å². The molecule has 0 radical (unpaired) electrons. The maximum atomic E-state index is 12.0. The third kappa shape index (κ3) is 4.84. The monoisotopic (exact) mass is 321 g/mol. The van der Waals surface area contributed by atoms with Crippen molar-refractivity contribution in [2.24, 2.45) is 0 Å². The highest BCUT2D eigenvalue weighted by Gasteiger charge is 2.24. The van der Waals surface area contributed by atoms with Crippen molar-refractivity contribution in [2.45, 2.75) is 13.0 Å². The molecule has 6 nitrogen and oxygen atoms in total. The second-order valence-corrected chi connectivity index (χ2v) is 5.70. The molecule has 1 aliphatic heterocycles. The second-order valence-electron chi connectivity index (χ2n) is 5.70. The molecule has 1 saturated heterocycles. The summed E-state index contributed by atoms with van der Waals surface area (Å²) in [5, 5.41) is 2.87. The van der Waals surface area contributed by atoms with Gasteiger partial charge in [0.1, 0.15) is 5.75 Å². The van der Waals surface area contributed by atoms with E-state index in [9.17, 15) is 4.79 Å². The lowest BCUT2D eigenvalue weighted by molar-refractivity contribution is 0.112. The van der Waals surface area contributed by atoms with Crippen molar-refractivity contribution in [1.29, 1.82) is 0 Å². The Morgan fingerprint density at radius 1 is 1.26 bits per heavy atom. The average Bonchev–Trinajstić information content (AvgIpc) is 2.61. The summed E-state index contributed by atoms with van der Waals surface area (Å²) >= 11 is 0. The third-order valence-corrected chi connectivity index (χ3v) is 4.31. The van der Waals surface area contributed by atoms with Crippen LogP contribution in [0.15, 0.2) is 24.3 Å². The van der Waals surface area contributed by atoms with Crippen LogP contribution in [0.1, 0.15) is 18.5 Å². The predicted molar refractivity (Wildman–Crippen MR) is 89.8 cm³/mol. The maximum absolute atomic E-state index is 12.0. The Bertz CT molecular complexity index is 502. The summed E-state index contributed by atoms with van der Waals surface area (Å²) in [5.74, 6) is 0.880. The van der Waals surface area contributed by atoms with E-state index in [0.29, 0.717) is 19.2 Å². The molecule has 1 unspecified atom stereocenters. The Morgan fingerprint density at radius 3 is 2.65 bits per heavy atom. The maximum Gasteiger partial charge on any atom is 0.317 e. The van der Waals surface area contributed by atoms with Gasteiger partial charge in [0.25, 0.3) is 0 Å². The fraction of sp³-hybridized carbons (Fsp3) is 0.588. The Kier molecular flexibility index (Phi) is 6.67. The summed E-state index contributed by atoms with van der Waals surface area (Å²) in [6.07, 6.45) is 0. The van der Waals surface area contributed by atoms with Gasteiger partial charge >= 0.3 is 6.03 Å². The van der Waals surface area contributed by atoms with Crippen molar-refractivity contribution in [1.82, 2.24) is 15.1 Å². The first-order valence-corrected chi connectivity index (χ1v) is 8.05. The summed E-state index contributed by atoms with van der Waals surface area (Å²) in [6.45, 7) is 6.52. The molecule has 1 aromatic carbocycles. The number of carbonyl (C=O) groups excluding carboxylic acids is 1. The minimum Gasteiger partial charge on any atom is -0.497 e. The van der Waals surface area contributed by atoms with Crippen LogP contribution in [0.3, 0.4) is 0 Å². The highest BCUT2D eigenvalue weighted by atomic mass is 16.5. The van der Waals surface area contributed by atoms with Gasteiger partial charge in [0.2, 0.25) is 0 Å². The molecule has 0 aliphatic carbocycles. The van der Waals surface area contributed by atoms with Crippen molar-refractivity contribution in [2.75, 3.05) is 53.6 Å². The van der Waals surface area contributed by atoms with Crippen LogP contribution < -0.4 is 10.1 Å². The van der Waals surface area contributed by atoms with Crippen LogP contribution in [0.25, 0.3) is 0 Å². The van der Waals surface area contributed by atoms with E-state index in [1.165, 1.54) is 5.56 Å². The van der Waals surface area contributed by atoms with E-state index in [1.54, 1.807) is 14.2 Å². The first kappa shape index (κ1) is 17.6. The second kappa shape index (κ2) is 8.74. The largest absolute Gasteiger partial charge is 0.497 e. The fourth-order valence-electron chi connectivity index (χ4n) is 2.80. The number of ether oxygens (including phenoxy) is 2. The van der Waals surface area contributed by atoms with Gasteiger partial charge in [0.15, 0.2) is 0 Å². The van der Waals surface area contributed by atoms with E-state index in [1.807, 2.05) is 17.0 Å². The summed E-state index contributed by atoms with van der Waals surface area (Å²) in [5.41, 5.74) is 1.24. The van der Waals surface area contributed by atoms with E-state index in [0.717, 1.165) is 31.9 Å². The number of benzene rings is 1. The summed E-state index contributed by atoms with van der Waals surface area (Å²) in [4.78, 5) is 16.3. The first-order valence-electron chi connectivity index (χ1n) is 8.05. The Labute approximate surface area is 138 Å². The normalized spacial score (nSPS) is 16.9. The molecule has 2 rings (SSSR count). The zero-order valence-electron chi connectivity index (χ0n) is 14.2. The molecule has 1 atom stereocenters. The molecule has 1 fully saturated rings. The lowest BCUT2D eigenvalue weighted by atomic mass is 10.1. The number of hydrogen-bond acceptors (Lipinski definition) is 4. The SMILES string of the molecule is COCCNC(=O)N1CCN(C(C)c2cccc(OC)c2)CC1. The summed E-state index contributed by atoms with van der Waals surface area (Å²) in [6, 6.07) is 8.48. The Balaban J connectivity index is 1.84. The third-order valence-electron chi connectivity index (χ3n) is 4.31. The van der Waals surface area contributed by atoms with Gasteiger partial charge in [-0.1, -0.05) is 12.1 Å². The van der Waals surface area contributed by atoms with E-state index in [2.05, 4.69) is 29.3 Å².